The van der Waals surface area contributed by atoms with Gasteiger partial charge in [0.05, 0.1) is 6.10 Å². The van der Waals surface area contributed by atoms with E-state index in [0.717, 1.165) is 12.8 Å². The number of nitrogens with one attached hydrogen (secondary N) is 1. The minimum atomic E-state index is 0.0516. The molecule has 0 aromatic carbocycles. The van der Waals surface area contributed by atoms with E-state index in [2.05, 4.69) is 53.7 Å². The first-order chi connectivity index (χ1) is 9.78. The van der Waals surface area contributed by atoms with E-state index < -0.39 is 0 Å². The summed E-state index contributed by atoms with van der Waals surface area (Å²) in [5, 5.41) is 3.28. The number of aliphatic imine (C=N–C) groups is 1. The molecule has 106 valence electrons. The number of rotatable bonds is 3. The van der Waals surface area contributed by atoms with Gasteiger partial charge in [0.2, 0.25) is 0 Å². The van der Waals surface area contributed by atoms with Crippen LogP contribution < -0.4 is 5.32 Å². The number of fused-ring (bicyclic) bond motifs is 1. The van der Waals surface area contributed by atoms with Crippen LogP contribution in [0.3, 0.4) is 0 Å². The van der Waals surface area contributed by atoms with Crippen molar-refractivity contribution in [2.45, 2.75) is 44.1 Å². The molecule has 0 bridgehead atoms. The van der Waals surface area contributed by atoms with Gasteiger partial charge in [-0.3, -0.25) is 4.99 Å². The maximum Gasteiger partial charge on any atom is 0.105 e. The number of hydrogen-bond acceptors (Lipinski definition) is 3. The van der Waals surface area contributed by atoms with E-state index in [4.69, 9.17) is 4.74 Å². The number of likely N-dealkylation sites (N-methyl/N-ethyl adjacent to an activating group) is 1. The summed E-state index contributed by atoms with van der Waals surface area (Å²) in [6.45, 7) is 2.14. The van der Waals surface area contributed by atoms with Crippen LogP contribution in [0.1, 0.15) is 19.8 Å². The largest absolute Gasteiger partial charge is 0.364 e. The molecule has 2 aliphatic carbocycles. The Bertz CT molecular complexity index is 513. The summed E-state index contributed by atoms with van der Waals surface area (Å²) in [6.07, 6.45) is 17.2. The lowest BCUT2D eigenvalue weighted by Crippen LogP contribution is -2.36. The van der Waals surface area contributed by atoms with Crippen molar-refractivity contribution in [3.8, 4) is 0 Å². The van der Waals surface area contributed by atoms with Gasteiger partial charge < -0.3 is 10.1 Å². The highest BCUT2D eigenvalue weighted by Crippen LogP contribution is 2.29. The molecule has 0 saturated heterocycles. The molecule has 0 radical (unpaired) electrons. The zero-order chi connectivity index (χ0) is 13.9. The normalized spacial score (nSPS) is 35.5. The van der Waals surface area contributed by atoms with Crippen molar-refractivity contribution < 1.29 is 4.74 Å². The van der Waals surface area contributed by atoms with Gasteiger partial charge in [0.25, 0.3) is 0 Å². The van der Waals surface area contributed by atoms with Gasteiger partial charge in [0.1, 0.15) is 12.1 Å². The molecule has 1 heterocycles. The Hall–Kier alpha value is -1.45. The van der Waals surface area contributed by atoms with Crippen molar-refractivity contribution in [2.24, 2.45) is 4.99 Å². The zero-order valence-corrected chi connectivity index (χ0v) is 12.1. The fraction of sp³-hybridized carbons (Fsp3) is 0.471. The van der Waals surface area contributed by atoms with Crippen molar-refractivity contribution in [3.63, 3.8) is 0 Å². The Balaban J connectivity index is 1.68. The minimum absolute atomic E-state index is 0.0516. The summed E-state index contributed by atoms with van der Waals surface area (Å²) in [6, 6.07) is 0.616. The third kappa shape index (κ3) is 2.69. The lowest BCUT2D eigenvalue weighted by molar-refractivity contribution is 0.0240. The van der Waals surface area contributed by atoms with Crippen molar-refractivity contribution in [1.29, 1.82) is 0 Å². The Kier molecular flexibility index (Phi) is 3.99. The van der Waals surface area contributed by atoms with Crippen molar-refractivity contribution in [3.05, 3.63) is 47.6 Å². The van der Waals surface area contributed by atoms with E-state index in [0.29, 0.717) is 6.04 Å². The molecular formula is C17H22N2O. The summed E-state index contributed by atoms with van der Waals surface area (Å²) in [5.41, 5.74) is 2.57. The lowest BCUT2D eigenvalue weighted by atomic mass is 9.89. The fourth-order valence-electron chi connectivity index (χ4n) is 2.99. The van der Waals surface area contributed by atoms with Crippen LogP contribution in [-0.4, -0.2) is 37.6 Å². The quantitative estimate of drug-likeness (QED) is 0.800. The van der Waals surface area contributed by atoms with E-state index in [-0.39, 0.29) is 18.2 Å². The summed E-state index contributed by atoms with van der Waals surface area (Å²) in [5.74, 6) is 0. The number of allylic oxidation sites excluding steroid dienone is 3. The van der Waals surface area contributed by atoms with Gasteiger partial charge in [-0.2, -0.15) is 0 Å². The Morgan fingerprint density at radius 1 is 1.20 bits per heavy atom. The van der Waals surface area contributed by atoms with Crippen LogP contribution in [0.25, 0.3) is 0 Å². The van der Waals surface area contributed by atoms with E-state index in [1.807, 2.05) is 13.3 Å². The fourth-order valence-corrected chi connectivity index (χ4v) is 2.99. The highest BCUT2D eigenvalue weighted by molar-refractivity contribution is 5.77. The maximum absolute atomic E-state index is 6.26. The Morgan fingerprint density at radius 2 is 2.10 bits per heavy atom. The number of nitrogens with zero attached hydrogens (tertiary/aromatic N) is 1. The SMILES string of the molecule is CNC1C=CC(OC2C=CC=C3C(C)=CC=NC32)CC1. The van der Waals surface area contributed by atoms with Crippen LogP contribution in [0.2, 0.25) is 0 Å². The van der Waals surface area contributed by atoms with Gasteiger partial charge in [-0.1, -0.05) is 30.4 Å². The van der Waals surface area contributed by atoms with Crippen LogP contribution in [0, 0.1) is 0 Å². The van der Waals surface area contributed by atoms with Gasteiger partial charge >= 0.3 is 0 Å². The smallest absolute Gasteiger partial charge is 0.105 e. The first-order valence-corrected chi connectivity index (χ1v) is 7.38. The van der Waals surface area contributed by atoms with Crippen LogP contribution >= 0.6 is 0 Å². The standard InChI is InChI=1S/C17H22N2O/c1-12-10-11-19-17-15(12)4-3-5-16(17)20-14-8-6-13(18-2)7-9-14/h3-6,8,10-11,13-14,16-18H,7,9H2,1-2H3. The van der Waals surface area contributed by atoms with Crippen LogP contribution in [0.15, 0.2) is 52.6 Å². The molecule has 0 saturated carbocycles. The summed E-state index contributed by atoms with van der Waals surface area (Å²) >= 11 is 0. The molecule has 3 heteroatoms. The van der Waals surface area contributed by atoms with Gasteiger partial charge in [-0.15, -0.1) is 0 Å². The lowest BCUT2D eigenvalue weighted by Gasteiger charge is -2.32. The van der Waals surface area contributed by atoms with Crippen molar-refractivity contribution >= 4 is 6.21 Å². The topological polar surface area (TPSA) is 33.6 Å². The summed E-state index contributed by atoms with van der Waals surface area (Å²) < 4.78 is 6.26. The molecule has 3 nitrogen and oxygen atoms in total. The monoisotopic (exact) mass is 270 g/mol. The number of dihydropyridines is 1. The molecule has 0 aromatic heterocycles. The predicted molar refractivity (Wildman–Crippen MR) is 83.1 cm³/mol. The van der Waals surface area contributed by atoms with E-state index in [9.17, 15) is 0 Å². The summed E-state index contributed by atoms with van der Waals surface area (Å²) in [7, 11) is 2.00. The van der Waals surface area contributed by atoms with E-state index in [1.54, 1.807) is 0 Å². The number of ether oxygens (including phenoxy) is 1. The molecule has 1 N–H and O–H groups in total. The van der Waals surface area contributed by atoms with Crippen molar-refractivity contribution in [2.75, 3.05) is 7.05 Å². The Morgan fingerprint density at radius 3 is 2.85 bits per heavy atom. The maximum atomic E-state index is 6.26. The predicted octanol–water partition coefficient (Wildman–Crippen LogP) is 2.57. The highest BCUT2D eigenvalue weighted by atomic mass is 16.5. The molecule has 4 atom stereocenters. The van der Waals surface area contributed by atoms with E-state index >= 15 is 0 Å². The molecule has 4 unspecified atom stereocenters. The first-order valence-electron chi connectivity index (χ1n) is 7.38. The molecule has 3 aliphatic rings. The third-order valence-electron chi connectivity index (χ3n) is 4.26. The molecule has 3 rings (SSSR count). The molecule has 0 spiro atoms. The average Bonchev–Trinajstić information content (AvgIpc) is 2.49. The van der Waals surface area contributed by atoms with Gasteiger partial charge in [0, 0.05) is 12.3 Å². The van der Waals surface area contributed by atoms with Crippen LogP contribution in [0.5, 0.6) is 0 Å². The van der Waals surface area contributed by atoms with Crippen LogP contribution in [0.4, 0.5) is 0 Å². The second kappa shape index (κ2) is 5.90. The highest BCUT2D eigenvalue weighted by Gasteiger charge is 2.29. The first kappa shape index (κ1) is 13.5. The Labute approximate surface area is 120 Å². The third-order valence-corrected chi connectivity index (χ3v) is 4.26. The second-order valence-corrected chi connectivity index (χ2v) is 5.60. The van der Waals surface area contributed by atoms with Crippen LogP contribution in [-0.2, 0) is 4.74 Å². The van der Waals surface area contributed by atoms with Gasteiger partial charge in [-0.05, 0) is 44.0 Å². The number of hydrogen-bond donors (Lipinski definition) is 1. The second-order valence-electron chi connectivity index (χ2n) is 5.60. The summed E-state index contributed by atoms with van der Waals surface area (Å²) in [4.78, 5) is 4.60. The van der Waals surface area contributed by atoms with Gasteiger partial charge in [-0.25, -0.2) is 0 Å². The zero-order valence-electron chi connectivity index (χ0n) is 12.1. The molecule has 20 heavy (non-hydrogen) atoms. The van der Waals surface area contributed by atoms with E-state index in [1.165, 1.54) is 11.1 Å². The average molecular weight is 270 g/mol. The van der Waals surface area contributed by atoms with Crippen molar-refractivity contribution in [1.82, 2.24) is 5.32 Å². The molecule has 0 amide bonds. The molecule has 0 fully saturated rings. The molecule has 0 aromatic rings. The molecule has 1 aliphatic heterocycles. The molecular weight excluding hydrogens is 248 g/mol. The van der Waals surface area contributed by atoms with Gasteiger partial charge in [0.15, 0.2) is 0 Å². The minimum Gasteiger partial charge on any atom is -0.364 e.